The largest absolute Gasteiger partial charge is 0.390 e. The molecule has 0 radical (unpaired) electrons. The molecule has 0 amide bonds. The summed E-state index contributed by atoms with van der Waals surface area (Å²) in [6, 6.07) is 2.17. The van der Waals surface area contributed by atoms with E-state index in [1.54, 1.807) is 0 Å². The molecule has 0 bridgehead atoms. The Labute approximate surface area is 204 Å². The van der Waals surface area contributed by atoms with Crippen molar-refractivity contribution >= 4 is 11.6 Å². The predicted octanol–water partition coefficient (Wildman–Crippen LogP) is 5.81. The molecular formula is C30H41NO3. The zero-order chi connectivity index (χ0) is 25.1. The molecule has 34 heavy (non-hydrogen) atoms. The summed E-state index contributed by atoms with van der Waals surface area (Å²) in [5.74, 6) is 0.745. The lowest BCUT2D eigenvalue weighted by molar-refractivity contribution is -0.202. The second-order valence-corrected chi connectivity index (χ2v) is 13.8. The van der Waals surface area contributed by atoms with Crippen molar-refractivity contribution in [2.75, 3.05) is 0 Å². The summed E-state index contributed by atoms with van der Waals surface area (Å²) in [4.78, 5) is 27.3. The molecule has 0 unspecified atom stereocenters. The van der Waals surface area contributed by atoms with Gasteiger partial charge in [-0.15, -0.1) is 0 Å². The summed E-state index contributed by atoms with van der Waals surface area (Å²) in [6.07, 6.45) is 9.04. The third-order valence-electron chi connectivity index (χ3n) is 12.2. The molecule has 184 valence electrons. The Balaban J connectivity index is 1.71. The average molecular weight is 464 g/mol. The van der Waals surface area contributed by atoms with Gasteiger partial charge in [0.15, 0.2) is 11.6 Å². The zero-order valence-corrected chi connectivity index (χ0v) is 22.0. The van der Waals surface area contributed by atoms with Crippen LogP contribution in [0.25, 0.3) is 0 Å². The minimum atomic E-state index is -0.748. The van der Waals surface area contributed by atoms with E-state index in [0.29, 0.717) is 11.8 Å². The summed E-state index contributed by atoms with van der Waals surface area (Å²) in [6.45, 7) is 15.3. The van der Waals surface area contributed by atoms with Gasteiger partial charge < -0.3 is 5.11 Å². The molecule has 0 aliphatic heterocycles. The highest BCUT2D eigenvalue weighted by Gasteiger charge is 2.70. The fourth-order valence-electron chi connectivity index (χ4n) is 9.83. The van der Waals surface area contributed by atoms with E-state index in [9.17, 15) is 20.0 Å². The minimum Gasteiger partial charge on any atom is -0.390 e. The van der Waals surface area contributed by atoms with Crippen molar-refractivity contribution in [2.24, 2.45) is 51.2 Å². The van der Waals surface area contributed by atoms with Crippen molar-refractivity contribution < 1.29 is 14.7 Å². The Hall–Kier alpha value is -1.73. The Morgan fingerprint density at radius 1 is 1.00 bits per heavy atom. The standard InChI is InChI=1S/C30H41NO3/c1-17-8-11-30(34)13-12-29(7)24(23(30)18(17)2)20(32)14-22-27(5)15-19(16-31)25(33)26(3,4)21(27)9-10-28(22,29)6/h14-15,17-18,21,23-24,34H,8-13H2,1-7H3/t17-,18+,21+,23+,24-,27+,28-,29-,30+/m1/s1. The van der Waals surface area contributed by atoms with Gasteiger partial charge >= 0.3 is 0 Å². The summed E-state index contributed by atoms with van der Waals surface area (Å²) < 4.78 is 0. The number of carbonyl (C=O) groups is 2. The number of nitriles is 1. The lowest BCUT2D eigenvalue weighted by Crippen LogP contribution is -2.67. The normalized spacial score (nSPS) is 51.7. The fourth-order valence-corrected chi connectivity index (χ4v) is 9.83. The van der Waals surface area contributed by atoms with Crippen molar-refractivity contribution in [2.45, 2.75) is 92.6 Å². The molecule has 0 aromatic carbocycles. The predicted molar refractivity (Wildman–Crippen MR) is 131 cm³/mol. The lowest BCUT2D eigenvalue weighted by atomic mass is 9.35. The Morgan fingerprint density at radius 3 is 2.32 bits per heavy atom. The number of ketones is 2. The molecule has 5 rings (SSSR count). The van der Waals surface area contributed by atoms with Crippen LogP contribution in [-0.4, -0.2) is 22.3 Å². The van der Waals surface area contributed by atoms with Crippen molar-refractivity contribution in [3.8, 4) is 6.07 Å². The maximum atomic E-state index is 14.1. The topological polar surface area (TPSA) is 78.2 Å². The molecule has 3 saturated carbocycles. The molecule has 4 nitrogen and oxygen atoms in total. The molecule has 9 atom stereocenters. The first-order valence-corrected chi connectivity index (χ1v) is 13.3. The van der Waals surface area contributed by atoms with Crippen LogP contribution < -0.4 is 0 Å². The van der Waals surface area contributed by atoms with E-state index in [1.807, 2.05) is 26.0 Å². The monoisotopic (exact) mass is 463 g/mol. The summed E-state index contributed by atoms with van der Waals surface area (Å²) in [5.41, 5.74) is -1.00. The summed E-state index contributed by atoms with van der Waals surface area (Å²) >= 11 is 0. The highest BCUT2D eigenvalue weighted by Crippen LogP contribution is 2.73. The van der Waals surface area contributed by atoms with Gasteiger partial charge in [-0.2, -0.15) is 5.26 Å². The van der Waals surface area contributed by atoms with Crippen molar-refractivity contribution in [3.63, 3.8) is 0 Å². The number of rotatable bonds is 0. The Bertz CT molecular complexity index is 1080. The first-order chi connectivity index (χ1) is 15.7. The van der Waals surface area contributed by atoms with Crippen LogP contribution in [0.2, 0.25) is 0 Å². The van der Waals surface area contributed by atoms with Gasteiger partial charge in [0.05, 0.1) is 11.2 Å². The molecular weight excluding hydrogens is 422 g/mol. The SMILES string of the molecule is C[C@@H]1[C@H]2[C@H]3C(=O)C=C4[C@@]5(C)C=C(C#N)C(=O)C(C)(C)[C@@H]5CC[C@@]4(C)[C@]3(C)CC[C@@]2(O)CC[C@H]1C. The smallest absolute Gasteiger partial charge is 0.178 e. The molecule has 3 fully saturated rings. The average Bonchev–Trinajstić information content (AvgIpc) is 2.76. The zero-order valence-electron chi connectivity index (χ0n) is 22.0. The van der Waals surface area contributed by atoms with E-state index < -0.39 is 16.4 Å². The second-order valence-electron chi connectivity index (χ2n) is 13.8. The van der Waals surface area contributed by atoms with Crippen LogP contribution in [0.15, 0.2) is 23.3 Å². The molecule has 5 aliphatic rings. The number of aliphatic hydroxyl groups is 1. The van der Waals surface area contributed by atoms with Gasteiger partial charge in [0, 0.05) is 22.7 Å². The highest BCUT2D eigenvalue weighted by molar-refractivity contribution is 6.04. The van der Waals surface area contributed by atoms with E-state index in [2.05, 4.69) is 40.7 Å². The maximum absolute atomic E-state index is 14.1. The van der Waals surface area contributed by atoms with Gasteiger partial charge in [0.25, 0.3) is 0 Å². The number of nitrogens with zero attached hydrogens (tertiary/aromatic N) is 1. The van der Waals surface area contributed by atoms with Crippen LogP contribution in [0, 0.1) is 62.6 Å². The van der Waals surface area contributed by atoms with Gasteiger partial charge in [-0.1, -0.05) is 60.1 Å². The number of hydrogen-bond acceptors (Lipinski definition) is 4. The molecule has 1 N–H and O–H groups in total. The van der Waals surface area contributed by atoms with E-state index in [1.165, 1.54) is 0 Å². The van der Waals surface area contributed by atoms with Gasteiger partial charge in [-0.3, -0.25) is 9.59 Å². The van der Waals surface area contributed by atoms with Crippen LogP contribution in [0.4, 0.5) is 0 Å². The van der Waals surface area contributed by atoms with Gasteiger partial charge in [-0.05, 0) is 73.2 Å². The molecule has 0 aromatic heterocycles. The molecule has 0 heterocycles. The number of allylic oxidation sites excluding steroid dienone is 4. The quantitative estimate of drug-likeness (QED) is 0.492. The van der Waals surface area contributed by atoms with Crippen molar-refractivity contribution in [1.29, 1.82) is 5.26 Å². The first-order valence-electron chi connectivity index (χ1n) is 13.3. The Kier molecular flexibility index (Phi) is 4.89. The third-order valence-corrected chi connectivity index (χ3v) is 12.2. The molecule has 0 aromatic rings. The third kappa shape index (κ3) is 2.63. The summed E-state index contributed by atoms with van der Waals surface area (Å²) in [7, 11) is 0. The number of Topliss-reactive ketones (excluding diaryl/α,β-unsaturated/α-hetero) is 1. The highest BCUT2D eigenvalue weighted by atomic mass is 16.3. The van der Waals surface area contributed by atoms with Gasteiger partial charge in [-0.25, -0.2) is 0 Å². The van der Waals surface area contributed by atoms with Crippen molar-refractivity contribution in [3.05, 3.63) is 23.3 Å². The van der Waals surface area contributed by atoms with E-state index in [-0.39, 0.29) is 45.7 Å². The summed E-state index contributed by atoms with van der Waals surface area (Å²) in [5, 5.41) is 21.6. The van der Waals surface area contributed by atoms with Crippen LogP contribution in [0.3, 0.4) is 0 Å². The van der Waals surface area contributed by atoms with E-state index in [0.717, 1.165) is 44.1 Å². The molecule has 0 saturated heterocycles. The molecule has 5 aliphatic carbocycles. The van der Waals surface area contributed by atoms with Gasteiger partial charge in [0.1, 0.15) is 6.07 Å². The Morgan fingerprint density at radius 2 is 1.68 bits per heavy atom. The number of fused-ring (bicyclic) bond motifs is 7. The maximum Gasteiger partial charge on any atom is 0.178 e. The first kappa shape index (κ1) is 24.0. The number of hydrogen-bond donors (Lipinski definition) is 1. The van der Waals surface area contributed by atoms with E-state index >= 15 is 0 Å². The molecule has 4 heteroatoms. The van der Waals surface area contributed by atoms with Crippen LogP contribution >= 0.6 is 0 Å². The number of carbonyl (C=O) groups excluding carboxylic acids is 2. The van der Waals surface area contributed by atoms with Gasteiger partial charge in [0.2, 0.25) is 0 Å². The minimum absolute atomic E-state index is 0.0164. The van der Waals surface area contributed by atoms with E-state index in [4.69, 9.17) is 0 Å². The van der Waals surface area contributed by atoms with Crippen molar-refractivity contribution in [1.82, 2.24) is 0 Å². The van der Waals surface area contributed by atoms with Crippen LogP contribution in [-0.2, 0) is 9.59 Å². The second kappa shape index (κ2) is 6.94. The van der Waals surface area contributed by atoms with Crippen LogP contribution in [0.1, 0.15) is 87.0 Å². The lowest BCUT2D eigenvalue weighted by Gasteiger charge is -2.68. The van der Waals surface area contributed by atoms with Crippen LogP contribution in [0.5, 0.6) is 0 Å². The fraction of sp³-hybridized carbons (Fsp3) is 0.767. The molecule has 0 spiro atoms.